The fraction of sp³-hybridized carbons (Fsp3) is 0.111. The van der Waals surface area contributed by atoms with Gasteiger partial charge in [0, 0.05) is 15.2 Å². The van der Waals surface area contributed by atoms with Crippen LogP contribution >= 0.6 is 51.5 Å². The first-order valence-corrected chi connectivity index (χ1v) is 9.84. The lowest BCUT2D eigenvalue weighted by Crippen LogP contribution is -2.33. The van der Waals surface area contributed by atoms with Gasteiger partial charge in [0.15, 0.2) is 0 Å². The summed E-state index contributed by atoms with van der Waals surface area (Å²) in [5, 5.41) is 3.93. The second kappa shape index (κ2) is 7.91. The summed E-state index contributed by atoms with van der Waals surface area (Å²) in [6, 6.07) is 13.4. The zero-order valence-corrected chi connectivity index (χ0v) is 17.2. The monoisotopic (exact) mass is 452 g/mol. The molecular weight excluding hydrogens is 440 g/mol. The predicted molar refractivity (Wildman–Crippen MR) is 114 cm³/mol. The Morgan fingerprint density at radius 1 is 1.28 bits per heavy atom. The number of carbonyl (C=O) groups is 1. The summed E-state index contributed by atoms with van der Waals surface area (Å²) < 4.78 is 1.55. The minimum atomic E-state index is -0.0861. The zero-order chi connectivity index (χ0) is 18.0. The fourth-order valence-corrected chi connectivity index (χ4v) is 4.08. The number of benzene rings is 2. The van der Waals surface area contributed by atoms with Gasteiger partial charge in [-0.3, -0.25) is 9.69 Å². The van der Waals surface area contributed by atoms with Crippen molar-refractivity contribution in [3.63, 3.8) is 0 Å². The molecule has 1 saturated heterocycles. The smallest absolute Gasteiger partial charge is 0.267 e. The molecule has 0 atom stereocenters. The van der Waals surface area contributed by atoms with Gasteiger partial charge in [-0.2, -0.15) is 0 Å². The lowest BCUT2D eigenvalue weighted by atomic mass is 10.2. The number of rotatable bonds is 4. The average Bonchev–Trinajstić information content (AvgIpc) is 2.83. The van der Waals surface area contributed by atoms with Crippen molar-refractivity contribution in [3.8, 4) is 0 Å². The van der Waals surface area contributed by atoms with E-state index in [1.807, 2.05) is 55.5 Å². The molecule has 2 aromatic carbocycles. The molecule has 7 heteroatoms. The molecule has 1 aliphatic heterocycles. The van der Waals surface area contributed by atoms with Crippen LogP contribution in [-0.2, 0) is 4.79 Å². The average molecular weight is 454 g/mol. The summed E-state index contributed by atoms with van der Waals surface area (Å²) in [6.45, 7) is 2.29. The molecular formula is C18H14BrClN2OS2. The fourth-order valence-electron chi connectivity index (χ4n) is 2.34. The van der Waals surface area contributed by atoms with E-state index in [1.165, 1.54) is 11.8 Å². The van der Waals surface area contributed by atoms with Crippen LogP contribution < -0.4 is 5.32 Å². The third-order valence-corrected chi connectivity index (χ3v) is 5.80. The molecule has 0 bridgehead atoms. The normalized spacial score (nSPS) is 16.0. The van der Waals surface area contributed by atoms with Crippen LogP contribution in [0.2, 0.25) is 5.02 Å². The first-order valence-electron chi connectivity index (χ1n) is 7.45. The van der Waals surface area contributed by atoms with Crippen molar-refractivity contribution in [2.75, 3.05) is 12.0 Å². The van der Waals surface area contributed by atoms with Crippen molar-refractivity contribution >= 4 is 73.5 Å². The number of aryl methyl sites for hydroxylation is 1. The Morgan fingerprint density at radius 3 is 2.68 bits per heavy atom. The van der Waals surface area contributed by atoms with E-state index in [9.17, 15) is 4.79 Å². The van der Waals surface area contributed by atoms with Crippen LogP contribution in [-0.4, -0.2) is 21.8 Å². The van der Waals surface area contributed by atoms with Gasteiger partial charge < -0.3 is 5.32 Å². The number of hydrogen-bond acceptors (Lipinski definition) is 4. The first-order chi connectivity index (χ1) is 11.9. The molecule has 0 radical (unpaired) electrons. The van der Waals surface area contributed by atoms with Gasteiger partial charge in [0.2, 0.25) is 0 Å². The van der Waals surface area contributed by atoms with E-state index < -0.39 is 0 Å². The molecule has 0 saturated carbocycles. The van der Waals surface area contributed by atoms with E-state index in [0.29, 0.717) is 20.9 Å². The Bertz CT molecular complexity index is 868. The van der Waals surface area contributed by atoms with Crippen molar-refractivity contribution < 1.29 is 4.79 Å². The number of thioether (sulfide) groups is 1. The molecule has 1 aliphatic rings. The van der Waals surface area contributed by atoms with Crippen molar-refractivity contribution in [1.82, 2.24) is 4.90 Å². The van der Waals surface area contributed by atoms with Crippen LogP contribution in [0.5, 0.6) is 0 Å². The number of carbonyl (C=O) groups excluding carboxylic acids is 1. The number of amides is 1. The van der Waals surface area contributed by atoms with Crippen molar-refractivity contribution in [3.05, 3.63) is 68.0 Å². The molecule has 0 spiro atoms. The van der Waals surface area contributed by atoms with E-state index in [4.69, 9.17) is 23.8 Å². The maximum absolute atomic E-state index is 12.6. The third-order valence-electron chi connectivity index (χ3n) is 3.66. The van der Waals surface area contributed by atoms with Gasteiger partial charge in [0.1, 0.15) is 4.32 Å². The van der Waals surface area contributed by atoms with Crippen LogP contribution in [0.15, 0.2) is 51.8 Å². The Kier molecular flexibility index (Phi) is 5.84. The predicted octanol–water partition coefficient (Wildman–Crippen LogP) is 5.68. The second-order valence-corrected chi connectivity index (χ2v) is 8.48. The highest BCUT2D eigenvalue weighted by Crippen LogP contribution is 2.32. The van der Waals surface area contributed by atoms with Crippen LogP contribution in [0, 0.1) is 6.92 Å². The lowest BCUT2D eigenvalue weighted by molar-refractivity contribution is -0.121. The highest BCUT2D eigenvalue weighted by Gasteiger charge is 2.31. The highest BCUT2D eigenvalue weighted by atomic mass is 79.9. The van der Waals surface area contributed by atoms with E-state index in [0.717, 1.165) is 21.3 Å². The largest absolute Gasteiger partial charge is 0.367 e. The zero-order valence-electron chi connectivity index (χ0n) is 13.3. The molecule has 1 fully saturated rings. The van der Waals surface area contributed by atoms with Gasteiger partial charge in [-0.1, -0.05) is 63.6 Å². The van der Waals surface area contributed by atoms with Crippen LogP contribution in [0.25, 0.3) is 6.08 Å². The Labute approximate surface area is 169 Å². The molecule has 0 unspecified atom stereocenters. The summed E-state index contributed by atoms with van der Waals surface area (Å²) in [7, 11) is 0. The molecule has 3 nitrogen and oxygen atoms in total. The molecule has 0 aromatic heterocycles. The lowest BCUT2D eigenvalue weighted by Gasteiger charge is -2.17. The number of thiocarbonyl (C=S) groups is 1. The SMILES string of the molecule is Cc1cc(Cl)ccc1NCN1C(=O)/C(=C/c2ccc(Br)cc2)SC1=S. The molecule has 128 valence electrons. The minimum absolute atomic E-state index is 0.0861. The summed E-state index contributed by atoms with van der Waals surface area (Å²) in [5.74, 6) is -0.0861. The molecule has 25 heavy (non-hydrogen) atoms. The minimum Gasteiger partial charge on any atom is -0.367 e. The van der Waals surface area contributed by atoms with E-state index in [1.54, 1.807) is 4.90 Å². The Balaban J connectivity index is 1.72. The van der Waals surface area contributed by atoms with Gasteiger partial charge in [-0.05, 0) is 54.5 Å². The molecule has 0 aliphatic carbocycles. The first kappa shape index (κ1) is 18.5. The Morgan fingerprint density at radius 2 is 2.00 bits per heavy atom. The summed E-state index contributed by atoms with van der Waals surface area (Å²) in [4.78, 5) is 14.8. The van der Waals surface area contributed by atoms with Gasteiger partial charge in [-0.15, -0.1) is 0 Å². The van der Waals surface area contributed by atoms with Gasteiger partial charge in [0.05, 0.1) is 11.6 Å². The van der Waals surface area contributed by atoms with Crippen molar-refractivity contribution in [1.29, 1.82) is 0 Å². The number of nitrogens with one attached hydrogen (secondary N) is 1. The number of nitrogens with zero attached hydrogens (tertiary/aromatic N) is 1. The molecule has 1 heterocycles. The van der Waals surface area contributed by atoms with E-state index in [2.05, 4.69) is 21.2 Å². The van der Waals surface area contributed by atoms with E-state index >= 15 is 0 Å². The Hall–Kier alpha value is -1.34. The van der Waals surface area contributed by atoms with Crippen LogP contribution in [0.4, 0.5) is 5.69 Å². The topological polar surface area (TPSA) is 32.3 Å². The highest BCUT2D eigenvalue weighted by molar-refractivity contribution is 9.10. The van der Waals surface area contributed by atoms with Crippen molar-refractivity contribution in [2.24, 2.45) is 0 Å². The summed E-state index contributed by atoms with van der Waals surface area (Å²) in [6.07, 6.45) is 1.86. The maximum atomic E-state index is 12.6. The maximum Gasteiger partial charge on any atom is 0.267 e. The number of hydrogen-bond donors (Lipinski definition) is 1. The standard InChI is InChI=1S/C18H14BrClN2OS2/c1-11-8-14(20)6-7-15(11)21-10-22-17(23)16(25-18(22)24)9-12-2-4-13(19)5-3-12/h2-9,21H,10H2,1H3/b16-9-. The number of anilines is 1. The van der Waals surface area contributed by atoms with Gasteiger partial charge in [0.25, 0.3) is 5.91 Å². The quantitative estimate of drug-likeness (QED) is 0.477. The van der Waals surface area contributed by atoms with Crippen molar-refractivity contribution in [2.45, 2.75) is 6.92 Å². The summed E-state index contributed by atoms with van der Waals surface area (Å²) in [5.41, 5.74) is 2.91. The third kappa shape index (κ3) is 4.44. The number of halogens is 2. The molecule has 1 N–H and O–H groups in total. The molecule has 2 aromatic rings. The molecule has 3 rings (SSSR count). The van der Waals surface area contributed by atoms with Gasteiger partial charge in [-0.25, -0.2) is 0 Å². The van der Waals surface area contributed by atoms with E-state index in [-0.39, 0.29) is 5.91 Å². The molecule has 1 amide bonds. The van der Waals surface area contributed by atoms with Crippen LogP contribution in [0.3, 0.4) is 0 Å². The summed E-state index contributed by atoms with van der Waals surface area (Å²) >= 11 is 16.1. The second-order valence-electron chi connectivity index (χ2n) is 5.46. The van der Waals surface area contributed by atoms with Crippen LogP contribution in [0.1, 0.15) is 11.1 Å². The van der Waals surface area contributed by atoms with Gasteiger partial charge >= 0.3 is 0 Å².